The fraction of sp³-hybridized carbons (Fsp3) is 0.357. The molecule has 1 aromatic carbocycles. The number of hydrogen-bond donors (Lipinski definition) is 1. The summed E-state index contributed by atoms with van der Waals surface area (Å²) in [4.78, 5) is 12.1. The Hall–Kier alpha value is -1.60. The molecule has 2 rings (SSSR count). The van der Waals surface area contributed by atoms with Crippen LogP contribution in [-0.2, 0) is 0 Å². The number of nitrogens with zero attached hydrogens (tertiary/aromatic N) is 2. The second-order valence-corrected chi connectivity index (χ2v) is 6.62. The molecule has 2 aromatic rings. The van der Waals surface area contributed by atoms with Crippen LogP contribution in [0.4, 0.5) is 5.13 Å². The third-order valence-electron chi connectivity index (χ3n) is 2.48. The van der Waals surface area contributed by atoms with Crippen LogP contribution in [0.5, 0.6) is 5.75 Å². The van der Waals surface area contributed by atoms with Gasteiger partial charge in [-0.05, 0) is 36.4 Å². The predicted molar refractivity (Wildman–Crippen MR) is 86.5 cm³/mol. The van der Waals surface area contributed by atoms with Crippen LogP contribution in [0.15, 0.2) is 28.6 Å². The van der Waals surface area contributed by atoms with Crippen molar-refractivity contribution in [2.45, 2.75) is 24.6 Å². The summed E-state index contributed by atoms with van der Waals surface area (Å²) in [6.45, 7) is 4.77. The Morgan fingerprint density at radius 3 is 2.71 bits per heavy atom. The van der Waals surface area contributed by atoms with Gasteiger partial charge in [0.15, 0.2) is 4.34 Å². The maximum atomic E-state index is 12.1. The molecular formula is C14H17N3O2S2. The van der Waals surface area contributed by atoms with Crippen molar-refractivity contribution in [3.8, 4) is 5.75 Å². The second kappa shape index (κ2) is 7.99. The van der Waals surface area contributed by atoms with Crippen molar-refractivity contribution in [3.63, 3.8) is 0 Å². The molecule has 0 radical (unpaired) electrons. The first-order chi connectivity index (χ1) is 10.2. The molecule has 1 heterocycles. The van der Waals surface area contributed by atoms with Gasteiger partial charge in [0.05, 0.1) is 6.61 Å². The van der Waals surface area contributed by atoms with Gasteiger partial charge in [-0.25, -0.2) is 0 Å². The largest absolute Gasteiger partial charge is 0.494 e. The van der Waals surface area contributed by atoms with Crippen LogP contribution in [0.3, 0.4) is 0 Å². The van der Waals surface area contributed by atoms with E-state index >= 15 is 0 Å². The lowest BCUT2D eigenvalue weighted by Crippen LogP contribution is -2.11. The van der Waals surface area contributed by atoms with E-state index in [0.717, 1.165) is 22.3 Å². The Labute approximate surface area is 132 Å². The van der Waals surface area contributed by atoms with E-state index in [9.17, 15) is 4.79 Å². The standard InChI is InChI=1S/C14H17N3O2S2/c1-3-9-19-11-7-5-10(6-8-11)12(18)15-13-16-17-14(21-13)20-4-2/h5-8H,3-4,9H2,1-2H3,(H,15,16,18). The monoisotopic (exact) mass is 323 g/mol. The molecule has 0 aliphatic rings. The number of nitrogens with one attached hydrogen (secondary N) is 1. The molecule has 1 aromatic heterocycles. The Morgan fingerprint density at radius 2 is 2.05 bits per heavy atom. The molecule has 0 unspecified atom stereocenters. The van der Waals surface area contributed by atoms with E-state index < -0.39 is 0 Å². The van der Waals surface area contributed by atoms with E-state index in [1.54, 1.807) is 36.0 Å². The molecular weight excluding hydrogens is 306 g/mol. The van der Waals surface area contributed by atoms with Gasteiger partial charge in [0.1, 0.15) is 5.75 Å². The van der Waals surface area contributed by atoms with Gasteiger partial charge >= 0.3 is 0 Å². The highest BCUT2D eigenvalue weighted by Crippen LogP contribution is 2.25. The minimum Gasteiger partial charge on any atom is -0.494 e. The average molecular weight is 323 g/mol. The molecule has 0 aliphatic carbocycles. The lowest BCUT2D eigenvalue weighted by atomic mass is 10.2. The molecule has 7 heteroatoms. The number of carbonyl (C=O) groups is 1. The zero-order chi connectivity index (χ0) is 15.1. The first-order valence-corrected chi connectivity index (χ1v) is 8.53. The molecule has 0 aliphatic heterocycles. The summed E-state index contributed by atoms with van der Waals surface area (Å²) in [6.07, 6.45) is 0.956. The van der Waals surface area contributed by atoms with Crippen LogP contribution >= 0.6 is 23.1 Å². The highest BCUT2D eigenvalue weighted by molar-refractivity contribution is 8.01. The fourth-order valence-corrected chi connectivity index (χ4v) is 3.18. The number of thioether (sulfide) groups is 1. The highest BCUT2D eigenvalue weighted by atomic mass is 32.2. The number of rotatable bonds is 7. The number of benzene rings is 1. The van der Waals surface area contributed by atoms with E-state index in [4.69, 9.17) is 4.74 Å². The van der Waals surface area contributed by atoms with Crippen LogP contribution in [0, 0.1) is 0 Å². The summed E-state index contributed by atoms with van der Waals surface area (Å²) in [5.74, 6) is 1.51. The number of carbonyl (C=O) groups excluding carboxylic acids is 1. The number of ether oxygens (including phenoxy) is 1. The van der Waals surface area contributed by atoms with Gasteiger partial charge in [-0.1, -0.05) is 36.9 Å². The van der Waals surface area contributed by atoms with Crippen molar-refractivity contribution >= 4 is 34.1 Å². The van der Waals surface area contributed by atoms with Crippen LogP contribution in [0.25, 0.3) is 0 Å². The number of amides is 1. The van der Waals surface area contributed by atoms with Gasteiger partial charge < -0.3 is 4.74 Å². The van der Waals surface area contributed by atoms with Gasteiger partial charge in [0, 0.05) is 5.56 Å². The molecule has 112 valence electrons. The van der Waals surface area contributed by atoms with Crippen molar-refractivity contribution in [1.82, 2.24) is 10.2 Å². The molecule has 0 bridgehead atoms. The summed E-state index contributed by atoms with van der Waals surface area (Å²) in [5.41, 5.74) is 0.568. The van der Waals surface area contributed by atoms with E-state index in [2.05, 4.69) is 22.4 Å². The molecule has 1 N–H and O–H groups in total. The molecule has 0 saturated carbocycles. The molecule has 0 saturated heterocycles. The Balaban J connectivity index is 1.95. The Kier molecular flexibility index (Phi) is 6.01. The van der Waals surface area contributed by atoms with E-state index in [0.29, 0.717) is 17.3 Å². The first-order valence-electron chi connectivity index (χ1n) is 6.73. The van der Waals surface area contributed by atoms with Crippen LogP contribution in [-0.4, -0.2) is 28.5 Å². The normalized spacial score (nSPS) is 10.4. The zero-order valence-electron chi connectivity index (χ0n) is 12.0. The molecule has 0 fully saturated rings. The molecule has 0 spiro atoms. The summed E-state index contributed by atoms with van der Waals surface area (Å²) in [6, 6.07) is 7.07. The number of anilines is 1. The van der Waals surface area contributed by atoms with Gasteiger partial charge in [-0.3, -0.25) is 10.1 Å². The topological polar surface area (TPSA) is 64.1 Å². The Morgan fingerprint density at radius 1 is 1.29 bits per heavy atom. The lowest BCUT2D eigenvalue weighted by Gasteiger charge is -2.05. The smallest absolute Gasteiger partial charge is 0.257 e. The maximum Gasteiger partial charge on any atom is 0.257 e. The SMILES string of the molecule is CCCOc1ccc(C(=O)Nc2nnc(SCC)s2)cc1. The Bertz CT molecular complexity index is 584. The van der Waals surface area contributed by atoms with Gasteiger partial charge in [-0.15, -0.1) is 10.2 Å². The summed E-state index contributed by atoms with van der Waals surface area (Å²) < 4.78 is 6.34. The van der Waals surface area contributed by atoms with Crippen molar-refractivity contribution in [2.24, 2.45) is 0 Å². The molecule has 21 heavy (non-hydrogen) atoms. The van der Waals surface area contributed by atoms with E-state index in [-0.39, 0.29) is 5.91 Å². The maximum absolute atomic E-state index is 12.1. The van der Waals surface area contributed by atoms with Crippen LogP contribution < -0.4 is 10.1 Å². The van der Waals surface area contributed by atoms with Crippen molar-refractivity contribution < 1.29 is 9.53 Å². The minimum atomic E-state index is -0.193. The summed E-state index contributed by atoms with van der Waals surface area (Å²) in [5, 5.41) is 11.2. The number of hydrogen-bond acceptors (Lipinski definition) is 6. The van der Waals surface area contributed by atoms with Gasteiger partial charge in [0.2, 0.25) is 5.13 Å². The molecule has 5 nitrogen and oxygen atoms in total. The van der Waals surface area contributed by atoms with E-state index in [1.807, 2.05) is 6.92 Å². The summed E-state index contributed by atoms with van der Waals surface area (Å²) >= 11 is 2.98. The van der Waals surface area contributed by atoms with E-state index in [1.165, 1.54) is 11.3 Å². The van der Waals surface area contributed by atoms with Crippen molar-refractivity contribution in [1.29, 1.82) is 0 Å². The minimum absolute atomic E-state index is 0.193. The van der Waals surface area contributed by atoms with Crippen LogP contribution in [0.2, 0.25) is 0 Å². The lowest BCUT2D eigenvalue weighted by molar-refractivity contribution is 0.102. The second-order valence-electron chi connectivity index (χ2n) is 4.13. The molecule has 1 amide bonds. The third-order valence-corrected chi connectivity index (χ3v) is 4.34. The van der Waals surface area contributed by atoms with Crippen LogP contribution in [0.1, 0.15) is 30.6 Å². The quantitative estimate of drug-likeness (QED) is 0.622. The van der Waals surface area contributed by atoms with Gasteiger partial charge in [0.25, 0.3) is 5.91 Å². The fourth-order valence-electron chi connectivity index (χ4n) is 1.53. The number of aromatic nitrogens is 2. The first kappa shape index (κ1) is 15.8. The van der Waals surface area contributed by atoms with Crippen molar-refractivity contribution in [2.75, 3.05) is 17.7 Å². The third kappa shape index (κ3) is 4.71. The molecule has 0 atom stereocenters. The predicted octanol–water partition coefficient (Wildman–Crippen LogP) is 3.69. The van der Waals surface area contributed by atoms with Gasteiger partial charge in [-0.2, -0.15) is 0 Å². The zero-order valence-corrected chi connectivity index (χ0v) is 13.6. The van der Waals surface area contributed by atoms with Crippen molar-refractivity contribution in [3.05, 3.63) is 29.8 Å². The average Bonchev–Trinajstić information content (AvgIpc) is 2.93. The summed E-state index contributed by atoms with van der Waals surface area (Å²) in [7, 11) is 0. The highest BCUT2D eigenvalue weighted by Gasteiger charge is 2.10.